The maximum absolute atomic E-state index is 12.1. The molecule has 0 aromatic heterocycles. The van der Waals surface area contributed by atoms with Gasteiger partial charge in [-0.2, -0.15) is 11.8 Å². The summed E-state index contributed by atoms with van der Waals surface area (Å²) in [5, 5.41) is 2.77. The molecule has 2 amide bonds. The van der Waals surface area contributed by atoms with Crippen LogP contribution >= 0.6 is 11.8 Å². The highest BCUT2D eigenvalue weighted by atomic mass is 32.2. The number of amides is 2. The zero-order valence-corrected chi connectivity index (χ0v) is 13.8. The van der Waals surface area contributed by atoms with Crippen molar-refractivity contribution >= 4 is 29.3 Å². The van der Waals surface area contributed by atoms with E-state index in [0.717, 1.165) is 11.3 Å². The van der Waals surface area contributed by atoms with Crippen LogP contribution < -0.4 is 11.1 Å². The van der Waals surface area contributed by atoms with E-state index in [2.05, 4.69) is 5.32 Å². The molecule has 0 aliphatic carbocycles. The number of thioether (sulfide) groups is 1. The number of carbonyl (C=O) groups is 2. The van der Waals surface area contributed by atoms with Crippen molar-refractivity contribution in [2.24, 2.45) is 5.73 Å². The van der Waals surface area contributed by atoms with E-state index in [4.69, 9.17) is 5.73 Å². The first-order valence-electron chi connectivity index (χ1n) is 6.74. The second-order valence-corrected chi connectivity index (χ2v) is 6.09. The minimum Gasteiger partial charge on any atom is -0.345 e. The topological polar surface area (TPSA) is 75.4 Å². The van der Waals surface area contributed by atoms with Gasteiger partial charge < -0.3 is 16.0 Å². The molecular formula is C15H23N3O2S. The van der Waals surface area contributed by atoms with E-state index in [1.54, 1.807) is 38.0 Å². The number of nitrogens with two attached hydrogens (primary N) is 1. The molecule has 1 aromatic rings. The normalized spacial score (nSPS) is 11.9. The highest BCUT2D eigenvalue weighted by Crippen LogP contribution is 2.17. The minimum absolute atomic E-state index is 0.0877. The van der Waals surface area contributed by atoms with Crippen LogP contribution in [0.1, 0.15) is 22.3 Å². The summed E-state index contributed by atoms with van der Waals surface area (Å²) in [6, 6.07) is 4.75. The molecule has 0 bridgehead atoms. The highest BCUT2D eigenvalue weighted by molar-refractivity contribution is 7.98. The van der Waals surface area contributed by atoms with E-state index < -0.39 is 6.04 Å². The first kappa shape index (κ1) is 17.5. The first-order chi connectivity index (χ1) is 9.86. The average molecular weight is 309 g/mol. The van der Waals surface area contributed by atoms with Gasteiger partial charge in [-0.05, 0) is 43.0 Å². The zero-order valence-electron chi connectivity index (χ0n) is 13.0. The van der Waals surface area contributed by atoms with E-state index in [9.17, 15) is 9.59 Å². The summed E-state index contributed by atoms with van der Waals surface area (Å²) in [5.41, 5.74) is 7.87. The van der Waals surface area contributed by atoms with Crippen molar-refractivity contribution in [1.82, 2.24) is 4.90 Å². The summed E-state index contributed by atoms with van der Waals surface area (Å²) in [6.07, 6.45) is 2.60. The van der Waals surface area contributed by atoms with Gasteiger partial charge in [-0.25, -0.2) is 0 Å². The van der Waals surface area contributed by atoms with Crippen molar-refractivity contribution in [3.63, 3.8) is 0 Å². The second kappa shape index (κ2) is 8.05. The Hall–Kier alpha value is -1.53. The van der Waals surface area contributed by atoms with Crippen molar-refractivity contribution in [3.8, 4) is 0 Å². The van der Waals surface area contributed by atoms with Gasteiger partial charge >= 0.3 is 0 Å². The lowest BCUT2D eigenvalue weighted by Gasteiger charge is -2.15. The van der Waals surface area contributed by atoms with Gasteiger partial charge in [0.2, 0.25) is 5.91 Å². The molecule has 21 heavy (non-hydrogen) atoms. The number of hydrogen-bond donors (Lipinski definition) is 2. The van der Waals surface area contributed by atoms with Gasteiger partial charge in [0.25, 0.3) is 5.91 Å². The lowest BCUT2D eigenvalue weighted by Crippen LogP contribution is -2.36. The maximum atomic E-state index is 12.1. The maximum Gasteiger partial charge on any atom is 0.253 e. The quantitative estimate of drug-likeness (QED) is 0.839. The average Bonchev–Trinajstić information content (AvgIpc) is 2.45. The summed E-state index contributed by atoms with van der Waals surface area (Å²) >= 11 is 1.66. The van der Waals surface area contributed by atoms with Crippen LogP contribution in [0.5, 0.6) is 0 Å². The number of anilines is 1. The Labute approximate surface area is 130 Å². The highest BCUT2D eigenvalue weighted by Gasteiger charge is 2.15. The standard InChI is InChI=1S/C15H23N3O2S/c1-10-5-6-11(9-12(10)15(20)18(2)3)17-14(19)13(16)7-8-21-4/h5-6,9,13H,7-8,16H2,1-4H3,(H,17,19)/t13-/m0/s1. The van der Waals surface area contributed by atoms with Crippen molar-refractivity contribution in [2.45, 2.75) is 19.4 Å². The predicted octanol–water partition coefficient (Wildman–Crippen LogP) is 1.72. The van der Waals surface area contributed by atoms with Crippen molar-refractivity contribution < 1.29 is 9.59 Å². The van der Waals surface area contributed by atoms with Crippen LogP contribution in [0.3, 0.4) is 0 Å². The Morgan fingerprint density at radius 3 is 2.62 bits per heavy atom. The molecule has 0 unspecified atom stereocenters. The third-order valence-electron chi connectivity index (χ3n) is 3.11. The van der Waals surface area contributed by atoms with Crippen LogP contribution in [0, 0.1) is 6.92 Å². The number of nitrogens with zero attached hydrogens (tertiary/aromatic N) is 1. The molecule has 0 saturated heterocycles. The number of nitrogens with one attached hydrogen (secondary N) is 1. The third kappa shape index (κ3) is 5.06. The van der Waals surface area contributed by atoms with Crippen LogP contribution in [0.25, 0.3) is 0 Å². The molecule has 0 radical (unpaired) electrons. The summed E-state index contributed by atoms with van der Waals surface area (Å²) in [5.74, 6) is 0.527. The minimum atomic E-state index is -0.535. The molecule has 116 valence electrons. The summed E-state index contributed by atoms with van der Waals surface area (Å²) in [6.45, 7) is 1.87. The van der Waals surface area contributed by atoms with Crippen molar-refractivity contribution in [2.75, 3.05) is 31.4 Å². The van der Waals surface area contributed by atoms with Gasteiger partial charge in [-0.15, -0.1) is 0 Å². The largest absolute Gasteiger partial charge is 0.345 e. The smallest absolute Gasteiger partial charge is 0.253 e. The summed E-state index contributed by atoms with van der Waals surface area (Å²) < 4.78 is 0. The van der Waals surface area contributed by atoms with E-state index in [0.29, 0.717) is 17.7 Å². The number of benzene rings is 1. The van der Waals surface area contributed by atoms with Crippen LogP contribution in [0.15, 0.2) is 18.2 Å². The van der Waals surface area contributed by atoms with Gasteiger partial charge in [-0.3, -0.25) is 9.59 Å². The van der Waals surface area contributed by atoms with Crippen LogP contribution in [-0.2, 0) is 4.79 Å². The Kier molecular flexibility index (Phi) is 6.71. The number of aryl methyl sites for hydroxylation is 1. The lowest BCUT2D eigenvalue weighted by molar-refractivity contribution is -0.117. The second-order valence-electron chi connectivity index (χ2n) is 5.11. The first-order valence-corrected chi connectivity index (χ1v) is 8.14. The van der Waals surface area contributed by atoms with E-state index in [1.807, 2.05) is 19.2 Å². The van der Waals surface area contributed by atoms with Gasteiger partial charge in [0.1, 0.15) is 0 Å². The van der Waals surface area contributed by atoms with E-state index in [1.165, 1.54) is 4.90 Å². The molecule has 3 N–H and O–H groups in total. The number of hydrogen-bond acceptors (Lipinski definition) is 4. The number of carbonyl (C=O) groups excluding carboxylic acids is 2. The fourth-order valence-electron chi connectivity index (χ4n) is 1.78. The fraction of sp³-hybridized carbons (Fsp3) is 0.467. The predicted molar refractivity (Wildman–Crippen MR) is 88.8 cm³/mol. The molecule has 0 aliphatic rings. The monoisotopic (exact) mass is 309 g/mol. The molecular weight excluding hydrogens is 286 g/mol. The number of rotatable bonds is 6. The van der Waals surface area contributed by atoms with Crippen LogP contribution in [0.4, 0.5) is 5.69 Å². The van der Waals surface area contributed by atoms with Gasteiger partial charge in [0.15, 0.2) is 0 Å². The Morgan fingerprint density at radius 1 is 1.38 bits per heavy atom. The van der Waals surface area contributed by atoms with Crippen LogP contribution in [0.2, 0.25) is 0 Å². The van der Waals surface area contributed by atoms with Gasteiger partial charge in [0, 0.05) is 25.3 Å². The molecule has 0 heterocycles. The van der Waals surface area contributed by atoms with Crippen LogP contribution in [-0.4, -0.2) is 48.9 Å². The summed E-state index contributed by atoms with van der Waals surface area (Å²) in [7, 11) is 3.40. The Morgan fingerprint density at radius 2 is 2.05 bits per heavy atom. The molecule has 0 aliphatic heterocycles. The molecule has 5 nitrogen and oxygen atoms in total. The molecule has 1 rings (SSSR count). The molecule has 1 atom stereocenters. The molecule has 1 aromatic carbocycles. The van der Waals surface area contributed by atoms with E-state index >= 15 is 0 Å². The lowest BCUT2D eigenvalue weighted by atomic mass is 10.1. The van der Waals surface area contributed by atoms with Crippen molar-refractivity contribution in [3.05, 3.63) is 29.3 Å². The molecule has 0 spiro atoms. The fourth-order valence-corrected chi connectivity index (χ4v) is 2.27. The SMILES string of the molecule is CSCC[C@H](N)C(=O)Nc1ccc(C)c(C(=O)N(C)C)c1. The zero-order chi connectivity index (χ0) is 16.0. The van der Waals surface area contributed by atoms with Gasteiger partial charge in [-0.1, -0.05) is 6.07 Å². The Balaban J connectivity index is 2.83. The molecule has 0 saturated carbocycles. The third-order valence-corrected chi connectivity index (χ3v) is 3.76. The molecule has 0 fully saturated rings. The van der Waals surface area contributed by atoms with E-state index in [-0.39, 0.29) is 11.8 Å². The van der Waals surface area contributed by atoms with Gasteiger partial charge in [0.05, 0.1) is 6.04 Å². The summed E-state index contributed by atoms with van der Waals surface area (Å²) in [4.78, 5) is 25.6. The molecule has 6 heteroatoms. The Bertz CT molecular complexity index is 518. The van der Waals surface area contributed by atoms with Crippen molar-refractivity contribution in [1.29, 1.82) is 0 Å².